The van der Waals surface area contributed by atoms with Gasteiger partial charge < -0.3 is 58.5 Å². The highest BCUT2D eigenvalue weighted by atomic mass is 16.4. The summed E-state index contributed by atoms with van der Waals surface area (Å²) < 4.78 is 0. The Hall–Kier alpha value is -4.36. The molecule has 43 heavy (non-hydrogen) atoms. The quantitative estimate of drug-likeness (QED) is 0.0644. The van der Waals surface area contributed by atoms with E-state index in [1.165, 1.54) is 27.7 Å². The Labute approximate surface area is 246 Å². The number of nitrogens with two attached hydrogens (primary N) is 2. The number of hydrogen-bond donors (Lipinski definition) is 11. The lowest BCUT2D eigenvalue weighted by atomic mass is 10.0. The maximum atomic E-state index is 13.1. The van der Waals surface area contributed by atoms with Crippen LogP contribution in [0.5, 0.6) is 0 Å². The molecule has 0 saturated carbocycles. The van der Waals surface area contributed by atoms with Gasteiger partial charge in [-0.15, -0.1) is 0 Å². The van der Waals surface area contributed by atoms with Gasteiger partial charge in [0.1, 0.15) is 36.3 Å². The van der Waals surface area contributed by atoms with E-state index in [0.29, 0.717) is 0 Å². The number of aliphatic carboxylic acids is 2. The first-order valence-electron chi connectivity index (χ1n) is 13.1. The van der Waals surface area contributed by atoms with Crippen LogP contribution in [0, 0.1) is 5.92 Å². The van der Waals surface area contributed by atoms with Gasteiger partial charge in [0, 0.05) is 6.42 Å². The van der Waals surface area contributed by atoms with E-state index in [4.69, 9.17) is 16.6 Å². The van der Waals surface area contributed by atoms with Crippen molar-refractivity contribution in [1.29, 1.82) is 0 Å². The molecule has 0 unspecified atom stereocenters. The minimum Gasteiger partial charge on any atom is -0.481 e. The number of carboxylic acid groups (broad SMARTS) is 2. The predicted octanol–water partition coefficient (Wildman–Crippen LogP) is -5.39. The lowest BCUT2D eigenvalue weighted by molar-refractivity contribution is -0.147. The van der Waals surface area contributed by atoms with Gasteiger partial charge in [0.25, 0.3) is 0 Å². The third-order valence-corrected chi connectivity index (χ3v) is 5.94. The SMILES string of the molecule is CC(C)[C@H](NC(=O)[C@H](CCC(N)=O)NC(=O)[C@H](CO)NC(=O)[C@H](C)NC(=O)[C@@H](N)[C@@H](C)O)C(=O)N[C@@H](CC(=O)O)C(=O)O. The second kappa shape index (κ2) is 18.2. The van der Waals surface area contributed by atoms with Gasteiger partial charge in [-0.25, -0.2) is 4.79 Å². The number of rotatable bonds is 19. The van der Waals surface area contributed by atoms with Crippen LogP contribution in [0.4, 0.5) is 0 Å². The molecule has 0 bridgehead atoms. The van der Waals surface area contributed by atoms with E-state index in [1.54, 1.807) is 0 Å². The fraction of sp³-hybridized carbons (Fsp3) is 0.667. The van der Waals surface area contributed by atoms with Gasteiger partial charge in [-0.1, -0.05) is 13.8 Å². The zero-order valence-electron chi connectivity index (χ0n) is 24.2. The lowest BCUT2D eigenvalue weighted by Gasteiger charge is -2.27. The number of nitrogens with one attached hydrogen (secondary N) is 5. The summed E-state index contributed by atoms with van der Waals surface area (Å²) in [5.74, 6) is -9.62. The van der Waals surface area contributed by atoms with E-state index in [0.717, 1.165) is 0 Å². The number of hydrogen-bond acceptors (Lipinski definition) is 11. The first-order valence-corrected chi connectivity index (χ1v) is 13.1. The third-order valence-electron chi connectivity index (χ3n) is 5.94. The smallest absolute Gasteiger partial charge is 0.326 e. The number of carbonyl (C=O) groups is 8. The van der Waals surface area contributed by atoms with Crippen molar-refractivity contribution in [2.24, 2.45) is 17.4 Å². The molecule has 0 rings (SSSR count). The van der Waals surface area contributed by atoms with Gasteiger partial charge in [0.2, 0.25) is 35.4 Å². The summed E-state index contributed by atoms with van der Waals surface area (Å²) in [5.41, 5.74) is 10.7. The second-order valence-corrected chi connectivity index (χ2v) is 10.0. The molecule has 0 aromatic heterocycles. The Bertz CT molecular complexity index is 1050. The molecule has 0 spiro atoms. The molecule has 19 nitrogen and oxygen atoms in total. The summed E-state index contributed by atoms with van der Waals surface area (Å²) in [5, 5.41) is 48.1. The van der Waals surface area contributed by atoms with Crippen LogP contribution < -0.4 is 38.1 Å². The van der Waals surface area contributed by atoms with Crippen molar-refractivity contribution in [1.82, 2.24) is 26.6 Å². The zero-order valence-corrected chi connectivity index (χ0v) is 24.2. The largest absolute Gasteiger partial charge is 0.481 e. The Morgan fingerprint density at radius 1 is 0.698 bits per heavy atom. The van der Waals surface area contributed by atoms with Gasteiger partial charge >= 0.3 is 11.9 Å². The van der Waals surface area contributed by atoms with Crippen LogP contribution in [-0.4, -0.2) is 117 Å². The van der Waals surface area contributed by atoms with E-state index in [2.05, 4.69) is 21.3 Å². The molecule has 0 aliphatic carbocycles. The molecule has 0 fully saturated rings. The van der Waals surface area contributed by atoms with Crippen LogP contribution in [0.3, 0.4) is 0 Å². The maximum absolute atomic E-state index is 13.1. The number of amides is 6. The monoisotopic (exact) mass is 619 g/mol. The van der Waals surface area contributed by atoms with Crippen molar-refractivity contribution < 1.29 is 58.8 Å². The molecule has 7 atom stereocenters. The predicted molar refractivity (Wildman–Crippen MR) is 145 cm³/mol. The third kappa shape index (κ3) is 13.9. The maximum Gasteiger partial charge on any atom is 0.326 e. The minimum absolute atomic E-state index is 0.383. The Morgan fingerprint density at radius 2 is 1.21 bits per heavy atom. The highest BCUT2D eigenvalue weighted by Gasteiger charge is 2.34. The number of carboxylic acids is 2. The summed E-state index contributed by atoms with van der Waals surface area (Å²) in [6.45, 7) is 4.50. The molecule has 6 amide bonds. The normalized spacial score (nSPS) is 15.8. The molecule has 0 aliphatic rings. The Kier molecular flexibility index (Phi) is 16.4. The van der Waals surface area contributed by atoms with E-state index >= 15 is 0 Å². The first-order chi connectivity index (χ1) is 19.8. The van der Waals surface area contributed by atoms with E-state index in [9.17, 15) is 53.7 Å². The van der Waals surface area contributed by atoms with E-state index in [1.807, 2.05) is 5.32 Å². The number of carbonyl (C=O) groups excluding carboxylic acids is 6. The molecule has 0 saturated heterocycles. The number of primary amides is 1. The van der Waals surface area contributed by atoms with Gasteiger partial charge in [-0.2, -0.15) is 0 Å². The Balaban J connectivity index is 5.71. The van der Waals surface area contributed by atoms with E-state index < -0.39 is 115 Å². The molecular weight excluding hydrogens is 578 g/mol. The second-order valence-electron chi connectivity index (χ2n) is 10.0. The Morgan fingerprint density at radius 3 is 1.65 bits per heavy atom. The molecular formula is C24H41N7O12. The molecule has 244 valence electrons. The summed E-state index contributed by atoms with van der Waals surface area (Å²) in [4.78, 5) is 96.8. The average molecular weight is 620 g/mol. The van der Waals surface area contributed by atoms with Crippen molar-refractivity contribution in [2.75, 3.05) is 6.61 Å². The van der Waals surface area contributed by atoms with Crippen LogP contribution in [0.25, 0.3) is 0 Å². The van der Waals surface area contributed by atoms with Gasteiger partial charge in [0.05, 0.1) is 19.1 Å². The van der Waals surface area contributed by atoms with Crippen LogP contribution in [0.15, 0.2) is 0 Å². The topological polar surface area (TPSA) is 330 Å². The fourth-order valence-electron chi connectivity index (χ4n) is 3.34. The molecule has 0 aromatic rings. The standard InChI is InChI=1S/C24H41N7O12/c1-9(2)18(23(41)29-13(24(42)43)7-16(35)36)31-20(38)12(5-6-15(25)34)28-21(39)14(8-32)30-19(37)10(3)27-22(40)17(26)11(4)33/h9-14,17-18,32-33H,5-8,26H2,1-4H3,(H2,25,34)(H,27,40)(H,28,39)(H,29,41)(H,30,37)(H,31,38)(H,35,36)(H,42,43)/t10-,11+,12-,13-,14-,17-,18-/m0/s1. The molecule has 19 heteroatoms. The minimum atomic E-state index is -1.81. The van der Waals surface area contributed by atoms with Gasteiger partial charge in [0.15, 0.2) is 0 Å². The van der Waals surface area contributed by atoms with E-state index in [-0.39, 0.29) is 6.42 Å². The highest BCUT2D eigenvalue weighted by molar-refractivity contribution is 5.96. The molecule has 0 aromatic carbocycles. The lowest BCUT2D eigenvalue weighted by Crippen LogP contribution is -2.60. The van der Waals surface area contributed by atoms with Crippen LogP contribution >= 0.6 is 0 Å². The fourth-order valence-corrected chi connectivity index (χ4v) is 3.34. The van der Waals surface area contributed by atoms with Crippen molar-refractivity contribution in [2.45, 2.75) is 89.3 Å². The molecule has 0 heterocycles. The zero-order chi connectivity index (χ0) is 33.6. The van der Waals surface area contributed by atoms with Gasteiger partial charge in [-0.3, -0.25) is 33.6 Å². The van der Waals surface area contributed by atoms with Crippen molar-refractivity contribution >= 4 is 47.4 Å². The molecule has 13 N–H and O–H groups in total. The summed E-state index contributed by atoms with van der Waals surface area (Å²) in [6.07, 6.45) is -2.97. The van der Waals surface area contributed by atoms with Crippen molar-refractivity contribution in [3.05, 3.63) is 0 Å². The van der Waals surface area contributed by atoms with Gasteiger partial charge in [-0.05, 0) is 26.2 Å². The van der Waals surface area contributed by atoms with Crippen LogP contribution in [-0.2, 0) is 38.4 Å². The van der Waals surface area contributed by atoms with Crippen LogP contribution in [0.2, 0.25) is 0 Å². The summed E-state index contributed by atoms with van der Waals surface area (Å²) >= 11 is 0. The highest BCUT2D eigenvalue weighted by Crippen LogP contribution is 2.07. The number of aliphatic hydroxyl groups excluding tert-OH is 2. The summed E-state index contributed by atoms with van der Waals surface area (Å²) in [7, 11) is 0. The van der Waals surface area contributed by atoms with Crippen LogP contribution in [0.1, 0.15) is 47.0 Å². The summed E-state index contributed by atoms with van der Waals surface area (Å²) in [6, 6.07) is -9.04. The molecule has 0 aliphatic heterocycles. The number of aliphatic hydroxyl groups is 2. The molecule has 0 radical (unpaired) electrons. The first kappa shape index (κ1) is 38.6. The van der Waals surface area contributed by atoms with Crippen molar-refractivity contribution in [3.8, 4) is 0 Å². The van der Waals surface area contributed by atoms with Crippen molar-refractivity contribution in [3.63, 3.8) is 0 Å². The average Bonchev–Trinajstić information content (AvgIpc) is 2.90.